The van der Waals surface area contributed by atoms with Gasteiger partial charge in [0, 0.05) is 12.0 Å². The van der Waals surface area contributed by atoms with Crippen LogP contribution in [0, 0.1) is 0 Å². The molecule has 3 rings (SSSR count). The SMILES string of the molecule is CC(C)(C)OC(=O)CCn1c(=O)c(C(C)(C)C)nc2cc(-c3cccc(C(F)(F)F)c3)ccc21. The van der Waals surface area contributed by atoms with Crippen molar-refractivity contribution in [3.05, 3.63) is 64.1 Å². The maximum absolute atomic E-state index is 13.3. The molecule has 0 radical (unpaired) electrons. The average Bonchev–Trinajstić information content (AvgIpc) is 2.69. The number of aryl methyl sites for hydroxylation is 1. The van der Waals surface area contributed by atoms with E-state index in [9.17, 15) is 22.8 Å². The molecule has 0 N–H and O–H groups in total. The van der Waals surface area contributed by atoms with E-state index in [2.05, 4.69) is 4.98 Å². The van der Waals surface area contributed by atoms with E-state index < -0.39 is 28.7 Å². The minimum absolute atomic E-state index is 0.00471. The Bertz CT molecular complexity index is 1280. The third-order valence-corrected chi connectivity index (χ3v) is 5.14. The first-order valence-corrected chi connectivity index (χ1v) is 11.0. The van der Waals surface area contributed by atoms with Crippen molar-refractivity contribution in [1.82, 2.24) is 9.55 Å². The van der Waals surface area contributed by atoms with E-state index in [1.54, 1.807) is 45.0 Å². The normalized spacial score (nSPS) is 12.7. The Hall–Kier alpha value is -3.16. The van der Waals surface area contributed by atoms with E-state index in [4.69, 9.17) is 4.74 Å². The highest BCUT2D eigenvalue weighted by Crippen LogP contribution is 2.33. The molecule has 3 aromatic rings. The summed E-state index contributed by atoms with van der Waals surface area (Å²) in [7, 11) is 0. The van der Waals surface area contributed by atoms with E-state index in [0.717, 1.165) is 12.1 Å². The molecule has 8 heteroatoms. The molecule has 34 heavy (non-hydrogen) atoms. The second-order valence-corrected chi connectivity index (χ2v) is 10.3. The number of carbonyl (C=O) groups excluding carboxylic acids is 1. The Labute approximate surface area is 196 Å². The van der Waals surface area contributed by atoms with Gasteiger partial charge in [0.15, 0.2) is 0 Å². The monoisotopic (exact) mass is 474 g/mol. The van der Waals surface area contributed by atoms with Gasteiger partial charge in [0.1, 0.15) is 11.3 Å². The van der Waals surface area contributed by atoms with Gasteiger partial charge in [-0.1, -0.05) is 39.0 Å². The van der Waals surface area contributed by atoms with Crippen LogP contribution in [0.25, 0.3) is 22.2 Å². The molecule has 0 aliphatic carbocycles. The van der Waals surface area contributed by atoms with Crippen LogP contribution in [0.4, 0.5) is 13.2 Å². The third kappa shape index (κ3) is 5.85. The van der Waals surface area contributed by atoms with Crippen LogP contribution in [0.15, 0.2) is 47.3 Å². The van der Waals surface area contributed by atoms with Gasteiger partial charge in [-0.05, 0) is 56.2 Å². The number of fused-ring (bicyclic) bond motifs is 1. The summed E-state index contributed by atoms with van der Waals surface area (Å²) in [6, 6.07) is 10.0. The van der Waals surface area contributed by atoms with Gasteiger partial charge >= 0.3 is 12.1 Å². The minimum Gasteiger partial charge on any atom is -0.460 e. The van der Waals surface area contributed by atoms with Crippen molar-refractivity contribution in [3.63, 3.8) is 0 Å². The van der Waals surface area contributed by atoms with Gasteiger partial charge in [-0.15, -0.1) is 0 Å². The second kappa shape index (κ2) is 8.89. The summed E-state index contributed by atoms with van der Waals surface area (Å²) in [6.45, 7) is 11.0. The lowest BCUT2D eigenvalue weighted by Crippen LogP contribution is -2.33. The lowest BCUT2D eigenvalue weighted by molar-refractivity contribution is -0.155. The molecule has 0 fully saturated rings. The highest BCUT2D eigenvalue weighted by atomic mass is 19.4. The van der Waals surface area contributed by atoms with Gasteiger partial charge in [-0.2, -0.15) is 13.2 Å². The van der Waals surface area contributed by atoms with Crippen molar-refractivity contribution >= 4 is 17.0 Å². The van der Waals surface area contributed by atoms with Crippen LogP contribution in [0.5, 0.6) is 0 Å². The van der Waals surface area contributed by atoms with E-state index in [1.807, 2.05) is 20.8 Å². The lowest BCUT2D eigenvalue weighted by Gasteiger charge is -2.22. The molecule has 0 saturated carbocycles. The summed E-state index contributed by atoms with van der Waals surface area (Å²) in [5, 5.41) is 0. The zero-order chi connectivity index (χ0) is 25.5. The predicted octanol–water partition coefficient (Wildman–Crippen LogP) is 6.11. The Balaban J connectivity index is 2.11. The van der Waals surface area contributed by atoms with E-state index in [1.165, 1.54) is 10.6 Å². The van der Waals surface area contributed by atoms with Gasteiger partial charge in [-0.3, -0.25) is 9.59 Å². The first-order chi connectivity index (χ1) is 15.6. The van der Waals surface area contributed by atoms with Crippen molar-refractivity contribution in [2.75, 3.05) is 0 Å². The van der Waals surface area contributed by atoms with E-state index in [-0.39, 0.29) is 18.5 Å². The fourth-order valence-corrected chi connectivity index (χ4v) is 3.61. The standard InChI is InChI=1S/C26H29F3N2O3/c1-24(2,3)22-23(33)31(13-12-21(32)34-25(4,5)6)20-11-10-17(15-19(20)30-22)16-8-7-9-18(14-16)26(27,28)29/h7-11,14-15H,12-13H2,1-6H3. The summed E-state index contributed by atoms with van der Waals surface area (Å²) in [5.74, 6) is -0.428. The number of esters is 1. The summed E-state index contributed by atoms with van der Waals surface area (Å²) >= 11 is 0. The molecule has 0 atom stereocenters. The summed E-state index contributed by atoms with van der Waals surface area (Å²) in [5.41, 5.74) is -0.0627. The molecule has 5 nitrogen and oxygen atoms in total. The maximum Gasteiger partial charge on any atom is 0.416 e. The number of ether oxygens (including phenoxy) is 1. The Kier molecular flexibility index (Phi) is 6.66. The maximum atomic E-state index is 13.3. The Morgan fingerprint density at radius 2 is 1.62 bits per heavy atom. The van der Waals surface area contributed by atoms with Crippen LogP contribution in [0.2, 0.25) is 0 Å². The molecule has 0 aliphatic heterocycles. The topological polar surface area (TPSA) is 61.2 Å². The van der Waals surface area contributed by atoms with Crippen LogP contribution in [0.1, 0.15) is 59.2 Å². The number of hydrogen-bond donors (Lipinski definition) is 0. The summed E-state index contributed by atoms with van der Waals surface area (Å²) in [6.07, 6.45) is -4.46. The number of halogens is 3. The number of rotatable bonds is 4. The number of benzene rings is 2. The van der Waals surface area contributed by atoms with E-state index >= 15 is 0 Å². The molecule has 1 heterocycles. The van der Waals surface area contributed by atoms with Crippen LogP contribution in [-0.2, 0) is 27.7 Å². The lowest BCUT2D eigenvalue weighted by atomic mass is 9.92. The fraction of sp³-hybridized carbons (Fsp3) is 0.423. The van der Waals surface area contributed by atoms with Crippen LogP contribution in [0.3, 0.4) is 0 Å². The average molecular weight is 475 g/mol. The third-order valence-electron chi connectivity index (χ3n) is 5.14. The quantitative estimate of drug-likeness (QED) is 0.428. The zero-order valence-electron chi connectivity index (χ0n) is 20.2. The summed E-state index contributed by atoms with van der Waals surface area (Å²) in [4.78, 5) is 30.1. The number of carbonyl (C=O) groups is 1. The van der Waals surface area contributed by atoms with Crippen molar-refractivity contribution in [2.45, 2.75) is 71.7 Å². The molecule has 1 aromatic heterocycles. The van der Waals surface area contributed by atoms with Gasteiger partial charge in [0.25, 0.3) is 5.56 Å². The predicted molar refractivity (Wildman–Crippen MR) is 126 cm³/mol. The fourth-order valence-electron chi connectivity index (χ4n) is 3.61. The molecular weight excluding hydrogens is 445 g/mol. The zero-order valence-corrected chi connectivity index (χ0v) is 20.2. The number of hydrogen-bond acceptors (Lipinski definition) is 4. The number of alkyl halides is 3. The molecule has 2 aromatic carbocycles. The molecular formula is C26H29F3N2O3. The van der Waals surface area contributed by atoms with Gasteiger partial charge in [0.05, 0.1) is 23.0 Å². The first kappa shape index (κ1) is 25.5. The van der Waals surface area contributed by atoms with Crippen LogP contribution >= 0.6 is 0 Å². The molecule has 0 unspecified atom stereocenters. The van der Waals surface area contributed by atoms with E-state index in [0.29, 0.717) is 27.9 Å². The second-order valence-electron chi connectivity index (χ2n) is 10.3. The van der Waals surface area contributed by atoms with Crippen LogP contribution < -0.4 is 5.56 Å². The van der Waals surface area contributed by atoms with Gasteiger partial charge in [0.2, 0.25) is 0 Å². The Morgan fingerprint density at radius 1 is 0.971 bits per heavy atom. The number of aromatic nitrogens is 2. The summed E-state index contributed by atoms with van der Waals surface area (Å²) < 4.78 is 46.4. The first-order valence-electron chi connectivity index (χ1n) is 11.0. The van der Waals surface area contributed by atoms with Crippen molar-refractivity contribution in [2.24, 2.45) is 0 Å². The number of nitrogens with zero attached hydrogens (tertiary/aromatic N) is 2. The molecule has 0 aliphatic rings. The van der Waals surface area contributed by atoms with Crippen LogP contribution in [-0.4, -0.2) is 21.1 Å². The molecule has 182 valence electrons. The van der Waals surface area contributed by atoms with Gasteiger partial charge in [-0.25, -0.2) is 4.98 Å². The minimum atomic E-state index is -4.45. The molecule has 0 spiro atoms. The molecule has 0 bridgehead atoms. The smallest absolute Gasteiger partial charge is 0.416 e. The highest BCUT2D eigenvalue weighted by molar-refractivity contribution is 5.82. The highest BCUT2D eigenvalue weighted by Gasteiger charge is 2.30. The Morgan fingerprint density at radius 3 is 2.21 bits per heavy atom. The molecule has 0 saturated heterocycles. The van der Waals surface area contributed by atoms with Crippen molar-refractivity contribution < 1.29 is 22.7 Å². The van der Waals surface area contributed by atoms with Crippen molar-refractivity contribution in [1.29, 1.82) is 0 Å². The molecule has 0 amide bonds. The van der Waals surface area contributed by atoms with Gasteiger partial charge < -0.3 is 9.30 Å². The largest absolute Gasteiger partial charge is 0.460 e. The van der Waals surface area contributed by atoms with Crippen molar-refractivity contribution in [3.8, 4) is 11.1 Å².